The maximum atomic E-state index is 10.3. The lowest BCUT2D eigenvalue weighted by Crippen LogP contribution is -2.06. The van der Waals surface area contributed by atoms with Gasteiger partial charge in [-0.15, -0.1) is 0 Å². The van der Waals surface area contributed by atoms with Crippen molar-refractivity contribution in [1.29, 1.82) is 0 Å². The molecule has 0 saturated heterocycles. The third-order valence-electron chi connectivity index (χ3n) is 2.62. The summed E-state index contributed by atoms with van der Waals surface area (Å²) in [7, 11) is 3.38. The van der Waals surface area contributed by atoms with Crippen molar-refractivity contribution in [2.24, 2.45) is 7.05 Å². The molecule has 1 aromatic carbocycles. The van der Waals surface area contributed by atoms with Crippen LogP contribution in [0.5, 0.6) is 5.75 Å². The van der Waals surface area contributed by atoms with Crippen molar-refractivity contribution in [3.63, 3.8) is 0 Å². The summed E-state index contributed by atoms with van der Waals surface area (Å²) in [4.78, 5) is 3.98. The first kappa shape index (κ1) is 12.0. The number of methoxy groups -OCH3 is 1. The van der Waals surface area contributed by atoms with Gasteiger partial charge < -0.3 is 14.4 Å². The largest absolute Gasteiger partial charge is 0.496 e. The molecule has 90 valence electrons. The summed E-state index contributed by atoms with van der Waals surface area (Å²) in [6.45, 7) is 0. The fraction of sp³-hybridized carbons (Fsp3) is 0.250. The van der Waals surface area contributed by atoms with E-state index < -0.39 is 6.10 Å². The number of ether oxygens (including phenoxy) is 1. The summed E-state index contributed by atoms with van der Waals surface area (Å²) in [6, 6.07) is 5.15. The predicted molar refractivity (Wildman–Crippen MR) is 65.3 cm³/mol. The SMILES string of the molecule is COc1ccc(Cl)cc1C(O)c1cncn1C. The van der Waals surface area contributed by atoms with E-state index in [0.717, 1.165) is 0 Å². The first-order chi connectivity index (χ1) is 8.13. The molecule has 0 saturated carbocycles. The first-order valence-corrected chi connectivity index (χ1v) is 5.49. The Labute approximate surface area is 104 Å². The molecule has 1 N–H and O–H groups in total. The van der Waals surface area contributed by atoms with Crippen LogP contribution < -0.4 is 4.74 Å². The molecular weight excluding hydrogens is 240 g/mol. The summed E-state index contributed by atoms with van der Waals surface area (Å²) >= 11 is 5.93. The molecule has 1 unspecified atom stereocenters. The number of hydrogen-bond acceptors (Lipinski definition) is 3. The molecule has 2 rings (SSSR count). The number of aliphatic hydroxyl groups is 1. The number of aryl methyl sites for hydroxylation is 1. The van der Waals surface area contributed by atoms with Crippen molar-refractivity contribution in [3.8, 4) is 5.75 Å². The van der Waals surface area contributed by atoms with Crippen LogP contribution in [0.15, 0.2) is 30.7 Å². The molecule has 0 amide bonds. The van der Waals surface area contributed by atoms with Crippen LogP contribution in [-0.2, 0) is 7.05 Å². The minimum Gasteiger partial charge on any atom is -0.496 e. The Kier molecular flexibility index (Phi) is 3.36. The fourth-order valence-corrected chi connectivity index (χ4v) is 1.89. The molecule has 1 heterocycles. The van der Waals surface area contributed by atoms with Crippen molar-refractivity contribution < 1.29 is 9.84 Å². The van der Waals surface area contributed by atoms with E-state index in [1.165, 1.54) is 0 Å². The van der Waals surface area contributed by atoms with Gasteiger partial charge in [-0.1, -0.05) is 11.6 Å². The lowest BCUT2D eigenvalue weighted by Gasteiger charge is -2.15. The van der Waals surface area contributed by atoms with Gasteiger partial charge in [0.2, 0.25) is 0 Å². The van der Waals surface area contributed by atoms with E-state index in [4.69, 9.17) is 16.3 Å². The number of benzene rings is 1. The Morgan fingerprint density at radius 2 is 2.24 bits per heavy atom. The molecular formula is C12H13ClN2O2. The number of imidazole rings is 1. The monoisotopic (exact) mass is 252 g/mol. The van der Waals surface area contributed by atoms with Crippen molar-refractivity contribution in [2.75, 3.05) is 7.11 Å². The van der Waals surface area contributed by atoms with Gasteiger partial charge in [0.25, 0.3) is 0 Å². The van der Waals surface area contributed by atoms with Gasteiger partial charge in [0.1, 0.15) is 11.9 Å². The zero-order chi connectivity index (χ0) is 12.4. The van der Waals surface area contributed by atoms with Crippen molar-refractivity contribution in [1.82, 2.24) is 9.55 Å². The molecule has 0 bridgehead atoms. The minimum absolute atomic E-state index is 0.557. The van der Waals surface area contributed by atoms with Gasteiger partial charge >= 0.3 is 0 Å². The first-order valence-electron chi connectivity index (χ1n) is 5.11. The Morgan fingerprint density at radius 1 is 1.47 bits per heavy atom. The van der Waals surface area contributed by atoms with Gasteiger partial charge in [-0.25, -0.2) is 4.98 Å². The van der Waals surface area contributed by atoms with Gasteiger partial charge in [-0.3, -0.25) is 0 Å². The molecule has 5 heteroatoms. The van der Waals surface area contributed by atoms with Crippen LogP contribution in [0.3, 0.4) is 0 Å². The normalized spacial score (nSPS) is 12.5. The Hall–Kier alpha value is -1.52. The van der Waals surface area contributed by atoms with E-state index >= 15 is 0 Å². The molecule has 1 atom stereocenters. The molecule has 4 nitrogen and oxygen atoms in total. The van der Waals surface area contributed by atoms with E-state index in [-0.39, 0.29) is 0 Å². The van der Waals surface area contributed by atoms with Gasteiger partial charge in [0.05, 0.1) is 25.3 Å². The second kappa shape index (κ2) is 4.77. The standard InChI is InChI=1S/C12H13ClN2O2/c1-15-7-14-6-10(15)12(16)9-5-8(13)3-4-11(9)17-2/h3-7,12,16H,1-2H3. The third-order valence-corrected chi connectivity index (χ3v) is 2.86. The van der Waals surface area contributed by atoms with E-state index in [9.17, 15) is 5.11 Å². The summed E-state index contributed by atoms with van der Waals surface area (Å²) in [6.07, 6.45) is 2.44. The molecule has 0 fully saturated rings. The number of rotatable bonds is 3. The van der Waals surface area contributed by atoms with Gasteiger partial charge in [-0.2, -0.15) is 0 Å². The van der Waals surface area contributed by atoms with Gasteiger partial charge in [-0.05, 0) is 18.2 Å². The van der Waals surface area contributed by atoms with Crippen LogP contribution >= 0.6 is 11.6 Å². The Balaban J connectivity index is 2.46. The fourth-order valence-electron chi connectivity index (χ4n) is 1.71. The van der Waals surface area contributed by atoms with Gasteiger partial charge in [0, 0.05) is 17.6 Å². The molecule has 0 aliphatic carbocycles. The zero-order valence-corrected chi connectivity index (χ0v) is 10.3. The highest BCUT2D eigenvalue weighted by atomic mass is 35.5. The second-order valence-corrected chi connectivity index (χ2v) is 4.15. The molecule has 0 aliphatic rings. The summed E-state index contributed by atoms with van der Waals surface area (Å²) in [5.41, 5.74) is 1.31. The van der Waals surface area contributed by atoms with Crippen LogP contribution in [0.25, 0.3) is 0 Å². The van der Waals surface area contributed by atoms with E-state index in [0.29, 0.717) is 22.0 Å². The van der Waals surface area contributed by atoms with Crippen LogP contribution in [0.4, 0.5) is 0 Å². The van der Waals surface area contributed by atoms with E-state index in [1.54, 1.807) is 42.4 Å². The average molecular weight is 253 g/mol. The average Bonchev–Trinajstić information content (AvgIpc) is 2.74. The van der Waals surface area contributed by atoms with Gasteiger partial charge in [0.15, 0.2) is 0 Å². The summed E-state index contributed by atoms with van der Waals surface area (Å²) in [5, 5.41) is 10.9. The molecule has 17 heavy (non-hydrogen) atoms. The quantitative estimate of drug-likeness (QED) is 0.911. The summed E-state index contributed by atoms with van der Waals surface area (Å²) < 4.78 is 6.97. The zero-order valence-electron chi connectivity index (χ0n) is 9.59. The highest BCUT2D eigenvalue weighted by Gasteiger charge is 2.18. The number of nitrogens with zero attached hydrogens (tertiary/aromatic N) is 2. The van der Waals surface area contributed by atoms with Crippen LogP contribution in [0.2, 0.25) is 5.02 Å². The second-order valence-electron chi connectivity index (χ2n) is 3.72. The maximum absolute atomic E-state index is 10.3. The van der Waals surface area contributed by atoms with Crippen molar-refractivity contribution in [3.05, 3.63) is 47.0 Å². The molecule has 1 aromatic heterocycles. The topological polar surface area (TPSA) is 47.3 Å². The van der Waals surface area contributed by atoms with Crippen LogP contribution in [0, 0.1) is 0 Å². The van der Waals surface area contributed by atoms with Crippen LogP contribution in [-0.4, -0.2) is 21.8 Å². The maximum Gasteiger partial charge on any atom is 0.125 e. The van der Waals surface area contributed by atoms with E-state index in [2.05, 4.69) is 4.98 Å². The number of hydrogen-bond donors (Lipinski definition) is 1. The Morgan fingerprint density at radius 3 is 2.82 bits per heavy atom. The van der Waals surface area contributed by atoms with Crippen molar-refractivity contribution >= 4 is 11.6 Å². The number of aliphatic hydroxyl groups excluding tert-OH is 1. The lowest BCUT2D eigenvalue weighted by atomic mass is 10.1. The van der Waals surface area contributed by atoms with Crippen LogP contribution in [0.1, 0.15) is 17.4 Å². The lowest BCUT2D eigenvalue weighted by molar-refractivity contribution is 0.206. The minimum atomic E-state index is -0.809. The smallest absolute Gasteiger partial charge is 0.125 e. The summed E-state index contributed by atoms with van der Waals surface area (Å²) in [5.74, 6) is 0.600. The number of halogens is 1. The molecule has 0 spiro atoms. The highest BCUT2D eigenvalue weighted by molar-refractivity contribution is 6.30. The molecule has 0 aliphatic heterocycles. The third kappa shape index (κ3) is 2.28. The predicted octanol–water partition coefficient (Wildman–Crippen LogP) is 2.16. The highest BCUT2D eigenvalue weighted by Crippen LogP contribution is 2.31. The molecule has 2 aromatic rings. The number of aromatic nitrogens is 2. The molecule has 0 radical (unpaired) electrons. The van der Waals surface area contributed by atoms with Crippen molar-refractivity contribution in [2.45, 2.75) is 6.10 Å². The van der Waals surface area contributed by atoms with E-state index in [1.807, 2.05) is 7.05 Å². The Bertz CT molecular complexity index is 525.